The second-order valence-electron chi connectivity index (χ2n) is 4.73. The van der Waals surface area contributed by atoms with E-state index < -0.39 is 0 Å². The quantitative estimate of drug-likeness (QED) is 0.848. The fourth-order valence-corrected chi connectivity index (χ4v) is 2.15. The van der Waals surface area contributed by atoms with E-state index >= 15 is 0 Å². The molecule has 0 N–H and O–H groups in total. The Bertz CT molecular complexity index is 582. The maximum Gasteiger partial charge on any atom is 0.296 e. The lowest BCUT2D eigenvalue weighted by molar-refractivity contribution is 0.0952. The predicted octanol–water partition coefficient (Wildman–Crippen LogP) is 3.27. The molecule has 4 heteroatoms. The van der Waals surface area contributed by atoms with Gasteiger partial charge in [-0.05, 0) is 51.0 Å². The van der Waals surface area contributed by atoms with E-state index in [0.717, 1.165) is 16.8 Å². The minimum atomic E-state index is -0.159. The zero-order chi connectivity index (χ0) is 14.0. The van der Waals surface area contributed by atoms with E-state index in [0.29, 0.717) is 12.2 Å². The van der Waals surface area contributed by atoms with Crippen molar-refractivity contribution in [2.75, 3.05) is 11.4 Å². The number of anilines is 1. The smallest absolute Gasteiger partial charge is 0.296 e. The van der Waals surface area contributed by atoms with Gasteiger partial charge in [-0.15, -0.1) is 0 Å². The summed E-state index contributed by atoms with van der Waals surface area (Å²) >= 11 is 0. The van der Waals surface area contributed by atoms with Gasteiger partial charge in [0, 0.05) is 18.3 Å². The third-order valence-electron chi connectivity index (χ3n) is 2.92. The van der Waals surface area contributed by atoms with Crippen LogP contribution < -0.4 is 4.90 Å². The summed E-state index contributed by atoms with van der Waals surface area (Å²) in [6.45, 7) is 8.37. The molecule has 0 fully saturated rings. The average molecular weight is 258 g/mol. The van der Waals surface area contributed by atoms with Crippen LogP contribution in [0.25, 0.3) is 0 Å². The number of rotatable bonds is 3. The lowest BCUT2D eigenvalue weighted by Gasteiger charge is -2.20. The summed E-state index contributed by atoms with van der Waals surface area (Å²) in [6.07, 6.45) is 0. The van der Waals surface area contributed by atoms with Gasteiger partial charge in [-0.25, -0.2) is 0 Å². The number of aryl methyl sites for hydroxylation is 3. The van der Waals surface area contributed by atoms with Crippen LogP contribution in [0.2, 0.25) is 0 Å². The number of hydrogen-bond acceptors (Lipinski definition) is 3. The van der Waals surface area contributed by atoms with Gasteiger partial charge in [0.1, 0.15) is 0 Å². The second-order valence-corrected chi connectivity index (χ2v) is 4.73. The van der Waals surface area contributed by atoms with Crippen molar-refractivity contribution in [3.8, 4) is 0 Å². The summed E-state index contributed by atoms with van der Waals surface area (Å²) in [7, 11) is 0. The van der Waals surface area contributed by atoms with E-state index in [1.807, 2.05) is 32.9 Å². The maximum atomic E-state index is 12.4. The molecule has 0 spiro atoms. The van der Waals surface area contributed by atoms with Gasteiger partial charge in [0.25, 0.3) is 5.91 Å². The Morgan fingerprint density at radius 2 is 1.79 bits per heavy atom. The number of carbonyl (C=O) groups is 1. The Hall–Kier alpha value is -2.10. The summed E-state index contributed by atoms with van der Waals surface area (Å²) in [5, 5.41) is 3.76. The van der Waals surface area contributed by atoms with E-state index in [4.69, 9.17) is 4.52 Å². The van der Waals surface area contributed by atoms with Gasteiger partial charge in [-0.1, -0.05) is 11.2 Å². The molecule has 0 saturated heterocycles. The molecule has 0 aliphatic rings. The van der Waals surface area contributed by atoms with Crippen molar-refractivity contribution in [2.45, 2.75) is 27.7 Å². The molecule has 0 atom stereocenters. The monoisotopic (exact) mass is 258 g/mol. The van der Waals surface area contributed by atoms with Crippen molar-refractivity contribution in [2.24, 2.45) is 0 Å². The predicted molar refractivity (Wildman–Crippen MR) is 74.5 cm³/mol. The average Bonchev–Trinajstić information content (AvgIpc) is 2.75. The number of amides is 1. The molecule has 0 aliphatic carbocycles. The third-order valence-corrected chi connectivity index (χ3v) is 2.92. The Labute approximate surface area is 113 Å². The number of aromatic nitrogens is 1. The zero-order valence-corrected chi connectivity index (χ0v) is 11.7. The van der Waals surface area contributed by atoms with E-state index in [1.54, 1.807) is 17.9 Å². The molecule has 1 amide bonds. The summed E-state index contributed by atoms with van der Waals surface area (Å²) in [5.41, 5.74) is 3.86. The minimum absolute atomic E-state index is 0.159. The molecule has 2 rings (SSSR count). The fraction of sp³-hybridized carbons (Fsp3) is 0.333. The van der Waals surface area contributed by atoms with Gasteiger partial charge in [0.05, 0.1) is 5.69 Å². The van der Waals surface area contributed by atoms with Crippen LogP contribution in [0.15, 0.2) is 28.8 Å². The molecule has 1 heterocycles. The lowest BCUT2D eigenvalue weighted by Crippen LogP contribution is -2.30. The van der Waals surface area contributed by atoms with Crippen molar-refractivity contribution < 1.29 is 9.32 Å². The van der Waals surface area contributed by atoms with Crippen molar-refractivity contribution in [1.29, 1.82) is 0 Å². The highest BCUT2D eigenvalue weighted by Gasteiger charge is 2.20. The van der Waals surface area contributed by atoms with Crippen LogP contribution in [0.4, 0.5) is 5.69 Å². The number of nitrogens with zero attached hydrogens (tertiary/aromatic N) is 2. The summed E-state index contributed by atoms with van der Waals surface area (Å²) in [6, 6.07) is 7.74. The first-order valence-corrected chi connectivity index (χ1v) is 6.34. The van der Waals surface area contributed by atoms with Crippen LogP contribution >= 0.6 is 0 Å². The normalized spacial score (nSPS) is 10.5. The summed E-state index contributed by atoms with van der Waals surface area (Å²) < 4.78 is 5.05. The molecular formula is C15H18N2O2. The molecule has 1 aromatic carbocycles. The maximum absolute atomic E-state index is 12.4. The first-order chi connectivity index (χ1) is 9.01. The second kappa shape index (κ2) is 5.26. The van der Waals surface area contributed by atoms with Gasteiger partial charge in [0.15, 0.2) is 0 Å². The highest BCUT2D eigenvalue weighted by molar-refractivity contribution is 6.04. The first kappa shape index (κ1) is 13.3. The van der Waals surface area contributed by atoms with Crippen LogP contribution in [0.1, 0.15) is 34.3 Å². The zero-order valence-electron chi connectivity index (χ0n) is 11.7. The molecule has 0 aliphatic heterocycles. The van der Waals surface area contributed by atoms with E-state index in [1.165, 1.54) is 0 Å². The van der Waals surface area contributed by atoms with Crippen molar-refractivity contribution in [3.05, 3.63) is 46.8 Å². The van der Waals surface area contributed by atoms with Gasteiger partial charge in [0.2, 0.25) is 5.76 Å². The molecule has 0 saturated carbocycles. The van der Waals surface area contributed by atoms with Crippen LogP contribution in [-0.4, -0.2) is 17.6 Å². The summed E-state index contributed by atoms with van der Waals surface area (Å²) in [5.74, 6) is 0.117. The van der Waals surface area contributed by atoms with E-state index in [9.17, 15) is 4.79 Å². The van der Waals surface area contributed by atoms with Crippen LogP contribution in [0.5, 0.6) is 0 Å². The molecule has 0 radical (unpaired) electrons. The Morgan fingerprint density at radius 1 is 1.16 bits per heavy atom. The standard InChI is InChI=1S/C15H18N2O2/c1-5-17(13-7-10(2)6-11(3)8-13)15(18)14-9-12(4)16-19-14/h6-9H,5H2,1-4H3. The molecule has 1 aromatic heterocycles. The summed E-state index contributed by atoms with van der Waals surface area (Å²) in [4.78, 5) is 14.1. The van der Waals surface area contributed by atoms with Crippen LogP contribution in [-0.2, 0) is 0 Å². The van der Waals surface area contributed by atoms with Crippen LogP contribution in [0.3, 0.4) is 0 Å². The topological polar surface area (TPSA) is 46.3 Å². The van der Waals surface area contributed by atoms with Crippen LogP contribution in [0, 0.1) is 20.8 Å². The largest absolute Gasteiger partial charge is 0.351 e. The minimum Gasteiger partial charge on any atom is -0.351 e. The molecular weight excluding hydrogens is 240 g/mol. The Morgan fingerprint density at radius 3 is 2.26 bits per heavy atom. The van der Waals surface area contributed by atoms with Gasteiger partial charge >= 0.3 is 0 Å². The molecule has 0 bridgehead atoms. The molecule has 100 valence electrons. The number of hydrogen-bond donors (Lipinski definition) is 0. The van der Waals surface area contributed by atoms with Crippen molar-refractivity contribution in [1.82, 2.24) is 5.16 Å². The van der Waals surface area contributed by atoms with Gasteiger partial charge in [-0.2, -0.15) is 0 Å². The highest BCUT2D eigenvalue weighted by Crippen LogP contribution is 2.21. The lowest BCUT2D eigenvalue weighted by atomic mass is 10.1. The third kappa shape index (κ3) is 2.84. The Balaban J connectivity index is 2.36. The number of benzene rings is 1. The van der Waals surface area contributed by atoms with Crippen molar-refractivity contribution in [3.63, 3.8) is 0 Å². The van der Waals surface area contributed by atoms with Gasteiger partial charge < -0.3 is 9.42 Å². The molecule has 2 aromatic rings. The first-order valence-electron chi connectivity index (χ1n) is 6.34. The van der Waals surface area contributed by atoms with Gasteiger partial charge in [-0.3, -0.25) is 4.79 Å². The molecule has 19 heavy (non-hydrogen) atoms. The molecule has 0 unspecified atom stereocenters. The highest BCUT2D eigenvalue weighted by atomic mass is 16.5. The van der Waals surface area contributed by atoms with E-state index in [2.05, 4.69) is 11.2 Å². The number of carbonyl (C=O) groups excluding carboxylic acids is 1. The fourth-order valence-electron chi connectivity index (χ4n) is 2.15. The van der Waals surface area contributed by atoms with Crippen molar-refractivity contribution >= 4 is 11.6 Å². The molecule has 4 nitrogen and oxygen atoms in total. The van der Waals surface area contributed by atoms with E-state index in [-0.39, 0.29) is 11.7 Å². The Kier molecular flexibility index (Phi) is 3.69. The SMILES string of the molecule is CCN(C(=O)c1cc(C)no1)c1cc(C)cc(C)c1.